The first kappa shape index (κ1) is 22.2. The lowest BCUT2D eigenvalue weighted by atomic mass is 9.91. The van der Waals surface area contributed by atoms with E-state index in [0.29, 0.717) is 22.4 Å². The minimum absolute atomic E-state index is 0.0725. The Morgan fingerprint density at radius 3 is 2.77 bits per heavy atom. The summed E-state index contributed by atoms with van der Waals surface area (Å²) in [6.45, 7) is 2.91. The van der Waals surface area contributed by atoms with E-state index >= 15 is 0 Å². The van der Waals surface area contributed by atoms with E-state index in [2.05, 4.69) is 19.1 Å². The fraction of sp³-hybridized carbons (Fsp3) is 0.360. The van der Waals surface area contributed by atoms with Crippen molar-refractivity contribution in [3.8, 4) is 11.5 Å². The second-order valence-electron chi connectivity index (χ2n) is 7.80. The third kappa shape index (κ3) is 4.93. The Kier molecular flexibility index (Phi) is 7.24. The average molecular weight is 461 g/mol. The second kappa shape index (κ2) is 10.1. The fourth-order valence-corrected chi connectivity index (χ4v) is 4.39. The number of hydrogen-bond acceptors (Lipinski definition) is 4. The largest absolute Gasteiger partial charge is 0.508 e. The molecule has 3 atom stereocenters. The molecule has 0 aliphatic carbocycles. The monoisotopic (exact) mass is 460 g/mol. The van der Waals surface area contributed by atoms with Crippen molar-refractivity contribution >= 4 is 28.2 Å². The molecule has 0 amide bonds. The SMILES string of the molecule is CCC/C=C\C[C@@H]1CO[C@H](C2=C(Cl)c3cc(Cl)ccc3OC2)O[C@@H]1c1ccccc1O. The minimum atomic E-state index is -0.667. The lowest BCUT2D eigenvalue weighted by Crippen LogP contribution is -2.38. The van der Waals surface area contributed by atoms with Gasteiger partial charge in [-0.05, 0) is 37.1 Å². The number of unbranched alkanes of at least 4 members (excludes halogenated alkanes) is 1. The number of rotatable bonds is 6. The summed E-state index contributed by atoms with van der Waals surface area (Å²) in [6, 6.07) is 12.6. The first-order chi connectivity index (χ1) is 15.1. The molecule has 0 unspecified atom stereocenters. The van der Waals surface area contributed by atoms with Crippen molar-refractivity contribution in [1.29, 1.82) is 0 Å². The Labute approximate surface area is 193 Å². The molecule has 2 aromatic rings. The van der Waals surface area contributed by atoms with Gasteiger partial charge < -0.3 is 19.3 Å². The van der Waals surface area contributed by atoms with Gasteiger partial charge >= 0.3 is 0 Å². The third-order valence-electron chi connectivity index (χ3n) is 5.59. The molecule has 4 nitrogen and oxygen atoms in total. The van der Waals surface area contributed by atoms with Gasteiger partial charge in [-0.25, -0.2) is 0 Å². The number of ether oxygens (including phenoxy) is 3. The van der Waals surface area contributed by atoms with Gasteiger partial charge in [0.15, 0.2) is 6.29 Å². The van der Waals surface area contributed by atoms with Crippen LogP contribution in [0.3, 0.4) is 0 Å². The van der Waals surface area contributed by atoms with Gasteiger partial charge in [0.05, 0.1) is 17.7 Å². The molecule has 1 fully saturated rings. The highest BCUT2D eigenvalue weighted by atomic mass is 35.5. The van der Waals surface area contributed by atoms with Crippen LogP contribution in [0.25, 0.3) is 5.03 Å². The van der Waals surface area contributed by atoms with Crippen molar-refractivity contribution in [2.24, 2.45) is 5.92 Å². The molecule has 4 rings (SSSR count). The summed E-state index contributed by atoms with van der Waals surface area (Å²) in [4.78, 5) is 0. The van der Waals surface area contributed by atoms with Gasteiger partial charge in [-0.1, -0.05) is 66.9 Å². The molecule has 1 saturated heterocycles. The van der Waals surface area contributed by atoms with Gasteiger partial charge in [0, 0.05) is 27.6 Å². The zero-order valence-corrected chi connectivity index (χ0v) is 18.9. The van der Waals surface area contributed by atoms with E-state index in [4.69, 9.17) is 37.4 Å². The van der Waals surface area contributed by atoms with E-state index in [1.807, 2.05) is 18.2 Å². The first-order valence-electron chi connectivity index (χ1n) is 10.6. The number of phenols is 1. The normalized spacial score (nSPS) is 23.6. The van der Waals surface area contributed by atoms with Crippen LogP contribution in [0.5, 0.6) is 11.5 Å². The molecular formula is C25H26Cl2O4. The summed E-state index contributed by atoms with van der Waals surface area (Å²) < 4.78 is 18.4. The smallest absolute Gasteiger partial charge is 0.185 e. The van der Waals surface area contributed by atoms with Gasteiger partial charge in [0.2, 0.25) is 0 Å². The highest BCUT2D eigenvalue weighted by Gasteiger charge is 2.37. The quantitative estimate of drug-likeness (QED) is 0.477. The first-order valence-corrected chi connectivity index (χ1v) is 11.3. The minimum Gasteiger partial charge on any atom is -0.508 e. The van der Waals surface area contributed by atoms with Gasteiger partial charge in [0.1, 0.15) is 18.1 Å². The van der Waals surface area contributed by atoms with Crippen LogP contribution >= 0.6 is 23.2 Å². The zero-order valence-electron chi connectivity index (χ0n) is 17.4. The molecule has 164 valence electrons. The lowest BCUT2D eigenvalue weighted by Gasteiger charge is -2.38. The Balaban J connectivity index is 1.62. The summed E-state index contributed by atoms with van der Waals surface area (Å²) in [5.74, 6) is 0.973. The van der Waals surface area contributed by atoms with Crippen LogP contribution in [0.15, 0.2) is 60.2 Å². The Bertz CT molecular complexity index is 985. The molecule has 2 aliphatic heterocycles. The van der Waals surface area contributed by atoms with Crippen molar-refractivity contribution in [3.05, 3.63) is 76.3 Å². The Hall–Kier alpha value is -1.98. The van der Waals surface area contributed by atoms with Crippen LogP contribution in [0, 0.1) is 5.92 Å². The van der Waals surface area contributed by atoms with Crippen LogP contribution in [0.4, 0.5) is 0 Å². The average Bonchev–Trinajstić information content (AvgIpc) is 2.78. The van der Waals surface area contributed by atoms with Crippen molar-refractivity contribution in [2.75, 3.05) is 13.2 Å². The molecule has 0 bridgehead atoms. The molecule has 31 heavy (non-hydrogen) atoms. The van der Waals surface area contributed by atoms with Crippen LogP contribution in [0.1, 0.15) is 43.4 Å². The molecule has 6 heteroatoms. The van der Waals surface area contributed by atoms with Crippen molar-refractivity contribution in [2.45, 2.75) is 38.6 Å². The number of halogens is 2. The molecule has 0 spiro atoms. The van der Waals surface area contributed by atoms with E-state index in [1.165, 1.54) is 0 Å². The van der Waals surface area contributed by atoms with E-state index in [9.17, 15) is 5.11 Å². The van der Waals surface area contributed by atoms with Crippen molar-refractivity contribution in [3.63, 3.8) is 0 Å². The highest BCUT2D eigenvalue weighted by molar-refractivity contribution is 6.50. The highest BCUT2D eigenvalue weighted by Crippen LogP contribution is 2.44. The van der Waals surface area contributed by atoms with E-state index < -0.39 is 6.29 Å². The van der Waals surface area contributed by atoms with Crippen molar-refractivity contribution < 1.29 is 19.3 Å². The summed E-state index contributed by atoms with van der Waals surface area (Å²) in [6.07, 6.45) is 6.31. The maximum Gasteiger partial charge on any atom is 0.185 e. The van der Waals surface area contributed by atoms with Gasteiger partial charge in [-0.2, -0.15) is 0 Å². The summed E-state index contributed by atoms with van der Waals surface area (Å²) >= 11 is 12.9. The van der Waals surface area contributed by atoms with Gasteiger partial charge in [-0.15, -0.1) is 0 Å². The number of benzene rings is 2. The second-order valence-corrected chi connectivity index (χ2v) is 8.62. The zero-order chi connectivity index (χ0) is 21.8. The van der Waals surface area contributed by atoms with Crippen molar-refractivity contribution in [1.82, 2.24) is 0 Å². The maximum atomic E-state index is 10.5. The molecule has 0 saturated carbocycles. The van der Waals surface area contributed by atoms with Crippen LogP contribution < -0.4 is 4.74 Å². The number of aromatic hydroxyl groups is 1. The number of fused-ring (bicyclic) bond motifs is 1. The number of allylic oxidation sites excluding steroid dienone is 2. The Morgan fingerprint density at radius 1 is 1.13 bits per heavy atom. The predicted octanol–water partition coefficient (Wildman–Crippen LogP) is 6.86. The van der Waals surface area contributed by atoms with Gasteiger partial charge in [0.25, 0.3) is 0 Å². The third-order valence-corrected chi connectivity index (χ3v) is 6.27. The standard InChI is InChI=1S/C25H26Cl2O4/c1-2-3-4-5-8-16-14-30-25(31-24(16)18-9-6-7-10-21(18)28)20-15-29-22-12-11-17(26)13-19(22)23(20)27/h4-7,9-13,16,24-25,28H,2-3,8,14-15H2,1H3/b5-4-/t16-,24+,25+/m1/s1. The number of para-hydroxylation sites is 1. The molecular weight excluding hydrogens is 435 g/mol. The van der Waals surface area contributed by atoms with Crippen LogP contribution in [-0.2, 0) is 9.47 Å². The topological polar surface area (TPSA) is 47.9 Å². The lowest BCUT2D eigenvalue weighted by molar-refractivity contribution is -0.222. The molecule has 0 aromatic heterocycles. The Morgan fingerprint density at radius 2 is 1.97 bits per heavy atom. The predicted molar refractivity (Wildman–Crippen MR) is 124 cm³/mol. The molecule has 2 aliphatic rings. The van der Waals surface area contributed by atoms with E-state index in [0.717, 1.165) is 36.0 Å². The number of hydrogen-bond donors (Lipinski definition) is 1. The molecule has 0 radical (unpaired) electrons. The van der Waals surface area contributed by atoms with Gasteiger partial charge in [-0.3, -0.25) is 0 Å². The van der Waals surface area contributed by atoms with E-state index in [-0.39, 0.29) is 24.4 Å². The van der Waals surface area contributed by atoms with E-state index in [1.54, 1.807) is 24.3 Å². The maximum absolute atomic E-state index is 10.5. The van der Waals surface area contributed by atoms with Crippen LogP contribution in [0.2, 0.25) is 5.02 Å². The summed E-state index contributed by atoms with van der Waals surface area (Å²) in [5.41, 5.74) is 2.20. The number of phenolic OH excluding ortho intramolecular Hbond substituents is 1. The summed E-state index contributed by atoms with van der Waals surface area (Å²) in [7, 11) is 0. The van der Waals surface area contributed by atoms with Crippen LogP contribution in [-0.4, -0.2) is 24.6 Å². The molecule has 2 heterocycles. The molecule has 2 aromatic carbocycles. The fourth-order valence-electron chi connectivity index (χ4n) is 3.93. The summed E-state index contributed by atoms with van der Waals surface area (Å²) in [5, 5.41) is 11.6. The molecule has 1 N–H and O–H groups in total.